The van der Waals surface area contributed by atoms with Crippen LogP contribution in [-0.2, 0) is 6.42 Å². The van der Waals surface area contributed by atoms with Crippen LogP contribution in [0.4, 0.5) is 0 Å². The van der Waals surface area contributed by atoms with Crippen LogP contribution in [0.5, 0.6) is 0 Å². The molecule has 1 N–H and O–H groups in total. The Morgan fingerprint density at radius 2 is 2.06 bits per heavy atom. The van der Waals surface area contributed by atoms with E-state index < -0.39 is 0 Å². The molecule has 0 saturated heterocycles. The molecular formula is C14H15BrClNS. The Balaban J connectivity index is 1.85. The number of hydrogen-bond donors (Lipinski definition) is 1. The Morgan fingerprint density at radius 1 is 1.28 bits per heavy atom. The third-order valence-electron chi connectivity index (χ3n) is 2.82. The highest BCUT2D eigenvalue weighted by Crippen LogP contribution is 2.24. The van der Waals surface area contributed by atoms with Crippen molar-refractivity contribution in [1.82, 2.24) is 5.32 Å². The molecule has 0 fully saturated rings. The largest absolute Gasteiger partial charge is 0.310 e. The highest BCUT2D eigenvalue weighted by atomic mass is 79.9. The quantitative estimate of drug-likeness (QED) is 0.799. The SMILES string of the molecule is CC(NCCc1ccc(Br)s1)c1ccccc1Cl. The van der Waals surface area contributed by atoms with Gasteiger partial charge in [-0.3, -0.25) is 0 Å². The highest BCUT2D eigenvalue weighted by molar-refractivity contribution is 9.11. The van der Waals surface area contributed by atoms with Crippen LogP contribution >= 0.6 is 38.9 Å². The first-order valence-corrected chi connectivity index (χ1v) is 7.87. The molecule has 96 valence electrons. The summed E-state index contributed by atoms with van der Waals surface area (Å²) in [4.78, 5) is 1.39. The second-order valence-corrected chi connectivity index (χ2v) is 7.11. The zero-order valence-corrected chi connectivity index (χ0v) is 13.3. The molecule has 1 nitrogen and oxygen atoms in total. The molecule has 1 heterocycles. The first-order chi connectivity index (χ1) is 8.66. The van der Waals surface area contributed by atoms with Gasteiger partial charge in [-0.1, -0.05) is 29.8 Å². The molecule has 0 radical (unpaired) electrons. The standard InChI is InChI=1S/C14H15BrClNS/c1-10(12-4-2-3-5-13(12)16)17-9-8-11-6-7-14(15)18-11/h2-7,10,17H,8-9H2,1H3. The molecule has 0 spiro atoms. The summed E-state index contributed by atoms with van der Waals surface area (Å²) in [6, 6.07) is 12.5. The lowest BCUT2D eigenvalue weighted by Gasteiger charge is -2.15. The van der Waals surface area contributed by atoms with Gasteiger partial charge in [-0.15, -0.1) is 11.3 Å². The summed E-state index contributed by atoms with van der Waals surface area (Å²) in [7, 11) is 0. The molecule has 0 aliphatic carbocycles. The van der Waals surface area contributed by atoms with Gasteiger partial charge in [-0.05, 0) is 53.0 Å². The Labute approximate surface area is 125 Å². The summed E-state index contributed by atoms with van der Waals surface area (Å²) in [5.41, 5.74) is 1.16. The van der Waals surface area contributed by atoms with Crippen LogP contribution in [0, 0.1) is 0 Å². The van der Waals surface area contributed by atoms with E-state index in [9.17, 15) is 0 Å². The normalized spacial score (nSPS) is 12.6. The van der Waals surface area contributed by atoms with Gasteiger partial charge in [0, 0.05) is 22.5 Å². The van der Waals surface area contributed by atoms with Crippen LogP contribution in [0.15, 0.2) is 40.2 Å². The average Bonchev–Trinajstić information content (AvgIpc) is 2.75. The summed E-state index contributed by atoms with van der Waals surface area (Å²) in [5.74, 6) is 0. The number of halogens is 2. The maximum absolute atomic E-state index is 6.17. The van der Waals surface area contributed by atoms with Gasteiger partial charge in [-0.2, -0.15) is 0 Å². The van der Waals surface area contributed by atoms with Gasteiger partial charge in [0.25, 0.3) is 0 Å². The van der Waals surface area contributed by atoms with Crippen molar-refractivity contribution >= 4 is 38.9 Å². The van der Waals surface area contributed by atoms with Gasteiger partial charge in [0.15, 0.2) is 0 Å². The third kappa shape index (κ3) is 3.82. The Morgan fingerprint density at radius 3 is 2.72 bits per heavy atom. The lowest BCUT2D eigenvalue weighted by Crippen LogP contribution is -2.21. The first kappa shape index (κ1) is 14.1. The van der Waals surface area contributed by atoms with Crippen molar-refractivity contribution in [3.8, 4) is 0 Å². The molecule has 4 heteroatoms. The Hall–Kier alpha value is -0.350. The average molecular weight is 345 g/mol. The lowest BCUT2D eigenvalue weighted by atomic mass is 10.1. The molecule has 0 saturated carbocycles. The van der Waals surface area contributed by atoms with Gasteiger partial charge in [0.2, 0.25) is 0 Å². The van der Waals surface area contributed by atoms with Gasteiger partial charge >= 0.3 is 0 Å². The van der Waals surface area contributed by atoms with Gasteiger partial charge < -0.3 is 5.32 Å². The van der Waals surface area contributed by atoms with E-state index >= 15 is 0 Å². The number of thiophene rings is 1. The minimum absolute atomic E-state index is 0.280. The van der Waals surface area contributed by atoms with Gasteiger partial charge in [0.05, 0.1) is 3.79 Å². The van der Waals surface area contributed by atoms with Crippen molar-refractivity contribution in [2.24, 2.45) is 0 Å². The Kier molecular flexibility index (Phi) is 5.25. The van der Waals surface area contributed by atoms with E-state index in [0.29, 0.717) is 0 Å². The molecule has 1 atom stereocenters. The van der Waals surface area contributed by atoms with Crippen LogP contribution in [0.25, 0.3) is 0 Å². The third-order valence-corrected chi connectivity index (χ3v) is 4.85. The fraction of sp³-hybridized carbons (Fsp3) is 0.286. The topological polar surface area (TPSA) is 12.0 Å². The van der Waals surface area contributed by atoms with E-state index in [2.05, 4.69) is 46.4 Å². The molecular weight excluding hydrogens is 330 g/mol. The van der Waals surface area contributed by atoms with Crippen LogP contribution in [0.2, 0.25) is 5.02 Å². The second kappa shape index (κ2) is 6.71. The molecule has 0 bridgehead atoms. The molecule has 0 aliphatic heterocycles. The number of benzene rings is 1. The van der Waals surface area contributed by atoms with Crippen molar-refractivity contribution in [3.63, 3.8) is 0 Å². The van der Waals surface area contributed by atoms with Crippen molar-refractivity contribution < 1.29 is 0 Å². The molecule has 0 aliphatic rings. The monoisotopic (exact) mass is 343 g/mol. The number of hydrogen-bond acceptors (Lipinski definition) is 2. The summed E-state index contributed by atoms with van der Waals surface area (Å²) in [6.07, 6.45) is 1.05. The van der Waals surface area contributed by atoms with Crippen LogP contribution in [0.1, 0.15) is 23.4 Å². The van der Waals surface area contributed by atoms with Crippen LogP contribution in [-0.4, -0.2) is 6.54 Å². The fourth-order valence-corrected chi connectivity index (χ4v) is 3.62. The zero-order chi connectivity index (χ0) is 13.0. The number of rotatable bonds is 5. The van der Waals surface area contributed by atoms with Gasteiger partial charge in [-0.25, -0.2) is 0 Å². The summed E-state index contributed by atoms with van der Waals surface area (Å²) < 4.78 is 1.19. The molecule has 2 rings (SSSR count). The number of nitrogens with one attached hydrogen (secondary N) is 1. The molecule has 1 aromatic heterocycles. The minimum Gasteiger partial charge on any atom is -0.310 e. The first-order valence-electron chi connectivity index (χ1n) is 5.89. The van der Waals surface area contributed by atoms with E-state index in [1.54, 1.807) is 11.3 Å². The van der Waals surface area contributed by atoms with Crippen molar-refractivity contribution in [2.75, 3.05) is 6.54 Å². The van der Waals surface area contributed by atoms with E-state index in [4.69, 9.17) is 11.6 Å². The highest BCUT2D eigenvalue weighted by Gasteiger charge is 2.08. The van der Waals surface area contributed by atoms with Crippen molar-refractivity contribution in [2.45, 2.75) is 19.4 Å². The minimum atomic E-state index is 0.280. The Bertz CT molecular complexity index is 512. The van der Waals surface area contributed by atoms with Crippen LogP contribution < -0.4 is 5.32 Å². The molecule has 1 unspecified atom stereocenters. The molecule has 0 amide bonds. The predicted octanol–water partition coefficient (Wildman–Crippen LogP) is 5.06. The summed E-state index contributed by atoms with van der Waals surface area (Å²) in [5, 5.41) is 4.33. The molecule has 18 heavy (non-hydrogen) atoms. The smallest absolute Gasteiger partial charge is 0.0701 e. The predicted molar refractivity (Wildman–Crippen MR) is 83.6 cm³/mol. The molecule has 2 aromatic rings. The maximum Gasteiger partial charge on any atom is 0.0701 e. The van der Waals surface area contributed by atoms with E-state index in [1.807, 2.05) is 18.2 Å². The van der Waals surface area contributed by atoms with E-state index in [0.717, 1.165) is 23.6 Å². The summed E-state index contributed by atoms with van der Waals surface area (Å²) >= 11 is 11.4. The van der Waals surface area contributed by atoms with Gasteiger partial charge in [0.1, 0.15) is 0 Å². The summed E-state index contributed by atoms with van der Waals surface area (Å²) in [6.45, 7) is 3.10. The zero-order valence-electron chi connectivity index (χ0n) is 10.1. The lowest BCUT2D eigenvalue weighted by molar-refractivity contribution is 0.579. The van der Waals surface area contributed by atoms with Crippen molar-refractivity contribution in [1.29, 1.82) is 0 Å². The fourth-order valence-electron chi connectivity index (χ4n) is 1.83. The molecule has 1 aromatic carbocycles. The van der Waals surface area contributed by atoms with Crippen molar-refractivity contribution in [3.05, 3.63) is 55.6 Å². The maximum atomic E-state index is 6.17. The van der Waals surface area contributed by atoms with Crippen LogP contribution in [0.3, 0.4) is 0 Å². The van der Waals surface area contributed by atoms with E-state index in [-0.39, 0.29) is 6.04 Å². The van der Waals surface area contributed by atoms with E-state index in [1.165, 1.54) is 8.66 Å². The second-order valence-electron chi connectivity index (χ2n) is 4.15.